The maximum absolute atomic E-state index is 12.1. The zero-order valence-electron chi connectivity index (χ0n) is 13.1. The molecule has 0 aromatic heterocycles. The molecule has 1 spiro atoms. The number of aliphatic hydroxyl groups excluding tert-OH is 1. The van der Waals surface area contributed by atoms with Crippen molar-refractivity contribution in [3.8, 4) is 0 Å². The Bertz CT molecular complexity index is 407. The number of carbonyl (C=O) groups is 2. The fraction of sp³-hybridized carbons (Fsp3) is 0.867. The minimum Gasteiger partial charge on any atom is -0.462 e. The summed E-state index contributed by atoms with van der Waals surface area (Å²) in [7, 11) is 0. The van der Waals surface area contributed by atoms with Crippen molar-refractivity contribution in [3.05, 3.63) is 0 Å². The second-order valence-corrected chi connectivity index (χ2v) is 6.99. The van der Waals surface area contributed by atoms with Gasteiger partial charge >= 0.3 is 12.1 Å². The normalized spacial score (nSPS) is 25.0. The molecule has 6 nitrogen and oxygen atoms in total. The summed E-state index contributed by atoms with van der Waals surface area (Å²) in [5.41, 5.74) is -0.983. The summed E-state index contributed by atoms with van der Waals surface area (Å²) in [6.07, 6.45) is 1.84. The van der Waals surface area contributed by atoms with Crippen molar-refractivity contribution >= 4 is 12.1 Å². The van der Waals surface area contributed by atoms with Gasteiger partial charge in [-0.2, -0.15) is 0 Å². The monoisotopic (exact) mass is 299 g/mol. The van der Waals surface area contributed by atoms with Crippen LogP contribution in [0.2, 0.25) is 0 Å². The molecule has 2 aliphatic rings. The molecule has 1 amide bonds. The topological polar surface area (TPSA) is 76.1 Å². The number of hydrogen-bond acceptors (Lipinski definition) is 5. The molecule has 0 aliphatic carbocycles. The summed E-state index contributed by atoms with van der Waals surface area (Å²) in [6, 6.07) is 0. The molecule has 1 N–H and O–H groups in total. The van der Waals surface area contributed by atoms with E-state index in [-0.39, 0.29) is 24.8 Å². The molecule has 6 heteroatoms. The van der Waals surface area contributed by atoms with Crippen LogP contribution in [0.15, 0.2) is 0 Å². The highest BCUT2D eigenvalue weighted by molar-refractivity contribution is 5.79. The second kappa shape index (κ2) is 5.83. The molecule has 120 valence electrons. The molecule has 2 fully saturated rings. The molecule has 1 unspecified atom stereocenters. The van der Waals surface area contributed by atoms with Crippen LogP contribution in [-0.4, -0.2) is 53.5 Å². The summed E-state index contributed by atoms with van der Waals surface area (Å²) < 4.78 is 10.7. The summed E-state index contributed by atoms with van der Waals surface area (Å²) in [5, 5.41) is 8.96. The number of amides is 1. The number of aliphatic hydroxyl groups is 1. The van der Waals surface area contributed by atoms with E-state index in [0.717, 1.165) is 0 Å². The van der Waals surface area contributed by atoms with Gasteiger partial charge in [0.15, 0.2) is 0 Å². The molecule has 21 heavy (non-hydrogen) atoms. The Morgan fingerprint density at radius 2 is 2.05 bits per heavy atom. The van der Waals surface area contributed by atoms with Crippen molar-refractivity contribution in [2.24, 2.45) is 5.41 Å². The number of rotatable bonds is 2. The molecular formula is C15H25NO5. The average Bonchev–Trinajstić information content (AvgIpc) is 2.65. The highest BCUT2D eigenvalue weighted by Crippen LogP contribution is 2.43. The van der Waals surface area contributed by atoms with Crippen molar-refractivity contribution in [3.63, 3.8) is 0 Å². The third-order valence-corrected chi connectivity index (χ3v) is 4.15. The van der Waals surface area contributed by atoms with Gasteiger partial charge in [-0.15, -0.1) is 0 Å². The molecule has 0 aromatic rings. The van der Waals surface area contributed by atoms with Gasteiger partial charge in [0.05, 0.1) is 5.41 Å². The first-order valence-corrected chi connectivity index (χ1v) is 7.56. The molecule has 2 heterocycles. The van der Waals surface area contributed by atoms with Gasteiger partial charge in [0.2, 0.25) is 0 Å². The second-order valence-electron chi connectivity index (χ2n) is 6.99. The highest BCUT2D eigenvalue weighted by Gasteiger charge is 2.50. The maximum Gasteiger partial charge on any atom is 0.410 e. The Morgan fingerprint density at radius 1 is 1.43 bits per heavy atom. The number of likely N-dealkylation sites (tertiary alicyclic amines) is 1. The van der Waals surface area contributed by atoms with Crippen LogP contribution in [-0.2, 0) is 14.3 Å². The van der Waals surface area contributed by atoms with Crippen molar-refractivity contribution in [1.29, 1.82) is 0 Å². The molecule has 2 saturated heterocycles. The smallest absolute Gasteiger partial charge is 0.410 e. The standard InChI is InChI=1S/C15H25NO5/c1-14(2,3)21-13(19)16-7-5-15(6-8-16)10-11(4-9-17)20-12(15)18/h11,17H,4-10H2,1-3H3. The summed E-state index contributed by atoms with van der Waals surface area (Å²) in [6.45, 7) is 6.56. The zero-order chi connectivity index (χ0) is 15.7. The van der Waals surface area contributed by atoms with Crippen molar-refractivity contribution in [2.45, 2.75) is 58.2 Å². The van der Waals surface area contributed by atoms with Crippen LogP contribution in [0.3, 0.4) is 0 Å². The van der Waals surface area contributed by atoms with Gasteiger partial charge < -0.3 is 19.5 Å². The van der Waals surface area contributed by atoms with Gasteiger partial charge in [0, 0.05) is 32.5 Å². The quantitative estimate of drug-likeness (QED) is 0.785. The lowest BCUT2D eigenvalue weighted by molar-refractivity contribution is -0.151. The van der Waals surface area contributed by atoms with Crippen molar-refractivity contribution in [2.75, 3.05) is 19.7 Å². The minimum atomic E-state index is -0.509. The zero-order valence-corrected chi connectivity index (χ0v) is 13.1. The first-order chi connectivity index (χ1) is 9.76. The minimum absolute atomic E-state index is 0.0259. The SMILES string of the molecule is CC(C)(C)OC(=O)N1CCC2(CC1)CC(CCO)OC2=O. The first kappa shape index (κ1) is 16.1. The van der Waals surface area contributed by atoms with Crippen LogP contribution in [0.5, 0.6) is 0 Å². The van der Waals surface area contributed by atoms with E-state index < -0.39 is 11.0 Å². The van der Waals surface area contributed by atoms with Crippen molar-refractivity contribution < 1.29 is 24.2 Å². The Morgan fingerprint density at radius 3 is 2.57 bits per heavy atom. The van der Waals surface area contributed by atoms with Crippen LogP contribution in [0.25, 0.3) is 0 Å². The Hall–Kier alpha value is -1.30. The Labute approximate surface area is 125 Å². The lowest BCUT2D eigenvalue weighted by Gasteiger charge is -2.37. The van der Waals surface area contributed by atoms with Crippen LogP contribution < -0.4 is 0 Å². The van der Waals surface area contributed by atoms with Gasteiger partial charge in [-0.25, -0.2) is 4.79 Å². The lowest BCUT2D eigenvalue weighted by atomic mass is 9.76. The van der Waals surface area contributed by atoms with E-state index in [1.54, 1.807) is 4.90 Å². The van der Waals surface area contributed by atoms with Gasteiger partial charge in [0.25, 0.3) is 0 Å². The number of nitrogens with zero attached hydrogens (tertiary/aromatic N) is 1. The van der Waals surface area contributed by atoms with Gasteiger partial charge in [-0.1, -0.05) is 0 Å². The van der Waals surface area contributed by atoms with E-state index in [0.29, 0.717) is 38.8 Å². The van der Waals surface area contributed by atoms with E-state index in [1.807, 2.05) is 20.8 Å². The van der Waals surface area contributed by atoms with Crippen molar-refractivity contribution in [1.82, 2.24) is 4.90 Å². The number of hydrogen-bond donors (Lipinski definition) is 1. The number of carbonyl (C=O) groups excluding carboxylic acids is 2. The van der Waals surface area contributed by atoms with E-state index in [2.05, 4.69) is 0 Å². The van der Waals surface area contributed by atoms with E-state index in [4.69, 9.17) is 14.6 Å². The summed E-state index contributed by atoms with van der Waals surface area (Å²) in [5.74, 6) is -0.176. The number of esters is 1. The van der Waals surface area contributed by atoms with E-state index in [9.17, 15) is 9.59 Å². The maximum atomic E-state index is 12.1. The highest BCUT2D eigenvalue weighted by atomic mass is 16.6. The van der Waals surface area contributed by atoms with Gasteiger partial charge in [0.1, 0.15) is 11.7 Å². The van der Waals surface area contributed by atoms with Crippen LogP contribution >= 0.6 is 0 Å². The van der Waals surface area contributed by atoms with Crippen LogP contribution in [0.1, 0.15) is 46.5 Å². The van der Waals surface area contributed by atoms with Crippen LogP contribution in [0.4, 0.5) is 4.79 Å². The lowest BCUT2D eigenvalue weighted by Crippen LogP contribution is -2.46. The predicted octanol–water partition coefficient (Wildman–Crippen LogP) is 1.70. The average molecular weight is 299 g/mol. The molecule has 2 aliphatic heterocycles. The van der Waals surface area contributed by atoms with E-state index in [1.165, 1.54) is 0 Å². The first-order valence-electron chi connectivity index (χ1n) is 7.56. The molecule has 0 bridgehead atoms. The third kappa shape index (κ3) is 3.67. The van der Waals surface area contributed by atoms with E-state index >= 15 is 0 Å². The summed E-state index contributed by atoms with van der Waals surface area (Å²) >= 11 is 0. The largest absolute Gasteiger partial charge is 0.462 e. The molecule has 0 radical (unpaired) electrons. The number of cyclic esters (lactones) is 1. The third-order valence-electron chi connectivity index (χ3n) is 4.15. The number of piperidine rings is 1. The van der Waals surface area contributed by atoms with Crippen LogP contribution in [0, 0.1) is 5.41 Å². The summed E-state index contributed by atoms with van der Waals surface area (Å²) in [4.78, 5) is 25.8. The fourth-order valence-electron chi connectivity index (χ4n) is 2.99. The Balaban J connectivity index is 1.91. The fourth-order valence-corrected chi connectivity index (χ4v) is 2.99. The van der Waals surface area contributed by atoms with Gasteiger partial charge in [-0.05, 0) is 33.6 Å². The Kier molecular flexibility index (Phi) is 4.46. The molecule has 0 saturated carbocycles. The number of ether oxygens (including phenoxy) is 2. The molecule has 0 aromatic carbocycles. The van der Waals surface area contributed by atoms with Gasteiger partial charge in [-0.3, -0.25) is 4.79 Å². The molecule has 2 rings (SSSR count). The predicted molar refractivity (Wildman–Crippen MR) is 75.7 cm³/mol. The molecule has 1 atom stereocenters. The molecular weight excluding hydrogens is 274 g/mol.